The van der Waals surface area contributed by atoms with Crippen LogP contribution >= 0.6 is 23.1 Å². The average Bonchev–Trinajstić information content (AvgIpc) is 3.31. The van der Waals surface area contributed by atoms with Crippen molar-refractivity contribution in [3.05, 3.63) is 88.9 Å². The van der Waals surface area contributed by atoms with E-state index >= 15 is 0 Å². The third-order valence-corrected chi connectivity index (χ3v) is 7.60. The molecule has 0 bridgehead atoms. The Bertz CT molecular complexity index is 1360. The molecule has 0 aliphatic carbocycles. The fourth-order valence-electron chi connectivity index (χ4n) is 3.38. The molecule has 1 unspecified atom stereocenters. The van der Waals surface area contributed by atoms with Crippen LogP contribution < -0.4 is 5.32 Å². The summed E-state index contributed by atoms with van der Waals surface area (Å²) in [5.41, 5.74) is 2.52. The number of aromatic nitrogens is 1. The van der Waals surface area contributed by atoms with Crippen LogP contribution in [0, 0.1) is 11.3 Å². The molecule has 0 saturated heterocycles. The molecule has 170 valence electrons. The van der Waals surface area contributed by atoms with Gasteiger partial charge in [0.2, 0.25) is 5.91 Å². The zero-order chi connectivity index (χ0) is 24.1. The molecule has 1 atom stereocenters. The van der Waals surface area contributed by atoms with Crippen molar-refractivity contribution in [2.24, 2.45) is 0 Å². The Kier molecular flexibility index (Phi) is 7.26. The quantitative estimate of drug-likeness (QED) is 0.337. The van der Waals surface area contributed by atoms with Crippen molar-refractivity contribution < 1.29 is 9.59 Å². The Morgan fingerprint density at radius 3 is 2.68 bits per heavy atom. The third-order valence-electron chi connectivity index (χ3n) is 5.32. The third kappa shape index (κ3) is 5.28. The molecule has 0 aliphatic rings. The van der Waals surface area contributed by atoms with E-state index in [4.69, 9.17) is 10.2 Å². The molecule has 34 heavy (non-hydrogen) atoms. The van der Waals surface area contributed by atoms with Crippen LogP contribution in [0.25, 0.3) is 10.2 Å². The number of nitrogens with one attached hydrogen (secondary N) is 1. The molecule has 0 spiro atoms. The van der Waals surface area contributed by atoms with Crippen LogP contribution in [0.4, 0.5) is 5.69 Å². The van der Waals surface area contributed by atoms with Gasteiger partial charge < -0.3 is 10.2 Å². The normalized spacial score (nSPS) is 11.6. The maximum absolute atomic E-state index is 13.4. The number of para-hydroxylation sites is 1. The second-order valence-corrected chi connectivity index (χ2v) is 9.72. The van der Waals surface area contributed by atoms with Gasteiger partial charge in [-0.05, 0) is 49.4 Å². The first-order valence-electron chi connectivity index (χ1n) is 10.6. The summed E-state index contributed by atoms with van der Waals surface area (Å²) in [6, 6.07) is 23.8. The molecule has 4 rings (SSSR count). The van der Waals surface area contributed by atoms with Crippen molar-refractivity contribution in [3.8, 4) is 6.07 Å². The van der Waals surface area contributed by atoms with E-state index in [1.54, 1.807) is 53.6 Å². The van der Waals surface area contributed by atoms with Gasteiger partial charge in [-0.15, -0.1) is 23.1 Å². The highest BCUT2D eigenvalue weighted by molar-refractivity contribution is 8.00. The first-order valence-corrected chi connectivity index (χ1v) is 12.4. The summed E-state index contributed by atoms with van der Waals surface area (Å²) >= 11 is 2.89. The maximum atomic E-state index is 13.4. The largest absolute Gasteiger partial charge is 0.332 e. The van der Waals surface area contributed by atoms with Crippen LogP contribution in [-0.2, 0) is 4.79 Å². The van der Waals surface area contributed by atoms with Gasteiger partial charge >= 0.3 is 0 Å². The van der Waals surface area contributed by atoms with Crippen molar-refractivity contribution in [3.63, 3.8) is 0 Å². The van der Waals surface area contributed by atoms with Gasteiger partial charge in [0.05, 0.1) is 39.2 Å². The van der Waals surface area contributed by atoms with Gasteiger partial charge in [-0.1, -0.05) is 30.3 Å². The SMILES string of the molecule is CC(c1nc2ccccc2s1)N(C)C(=O)c1ccccc1SCC(=O)Nc1cccc(C#N)c1. The summed E-state index contributed by atoms with van der Waals surface area (Å²) in [4.78, 5) is 32.9. The molecule has 0 saturated carbocycles. The molecule has 0 radical (unpaired) electrons. The highest BCUT2D eigenvalue weighted by Gasteiger charge is 2.24. The van der Waals surface area contributed by atoms with Crippen molar-refractivity contribution in [1.29, 1.82) is 5.26 Å². The van der Waals surface area contributed by atoms with E-state index in [1.165, 1.54) is 11.8 Å². The lowest BCUT2D eigenvalue weighted by Crippen LogP contribution is -2.30. The number of hydrogen-bond acceptors (Lipinski definition) is 6. The molecule has 4 aromatic rings. The molecular formula is C26H22N4O2S2. The molecule has 6 nitrogen and oxygen atoms in total. The first-order chi connectivity index (χ1) is 16.5. The van der Waals surface area contributed by atoms with Crippen LogP contribution in [0.1, 0.15) is 33.9 Å². The minimum atomic E-state index is -0.210. The zero-order valence-corrected chi connectivity index (χ0v) is 20.3. The van der Waals surface area contributed by atoms with Crippen molar-refractivity contribution in [1.82, 2.24) is 9.88 Å². The average molecular weight is 487 g/mol. The van der Waals surface area contributed by atoms with Crippen molar-refractivity contribution in [2.45, 2.75) is 17.9 Å². The number of thiazole rings is 1. The topological polar surface area (TPSA) is 86.1 Å². The number of carbonyl (C=O) groups excluding carboxylic acids is 2. The Balaban J connectivity index is 1.44. The lowest BCUT2D eigenvalue weighted by Gasteiger charge is -2.24. The van der Waals surface area contributed by atoms with Crippen LogP contribution in [0.5, 0.6) is 0 Å². The molecule has 3 aromatic carbocycles. The molecule has 0 aliphatic heterocycles. The molecule has 1 N–H and O–H groups in total. The van der Waals surface area contributed by atoms with Crippen LogP contribution in [0.2, 0.25) is 0 Å². The molecular weight excluding hydrogens is 464 g/mol. The second kappa shape index (κ2) is 10.5. The summed E-state index contributed by atoms with van der Waals surface area (Å²) in [7, 11) is 1.77. The number of carbonyl (C=O) groups is 2. The molecule has 8 heteroatoms. The minimum Gasteiger partial charge on any atom is -0.332 e. The minimum absolute atomic E-state index is 0.128. The van der Waals surface area contributed by atoms with Gasteiger partial charge in [0.1, 0.15) is 5.01 Å². The lowest BCUT2D eigenvalue weighted by molar-refractivity contribution is -0.113. The van der Waals surface area contributed by atoms with Gasteiger partial charge in [-0.3, -0.25) is 9.59 Å². The molecule has 1 heterocycles. The number of fused-ring (bicyclic) bond motifs is 1. The van der Waals surface area contributed by atoms with E-state index in [-0.39, 0.29) is 23.6 Å². The van der Waals surface area contributed by atoms with Crippen molar-refractivity contribution in [2.75, 3.05) is 18.1 Å². The van der Waals surface area contributed by atoms with Gasteiger partial charge in [0.25, 0.3) is 5.91 Å². The van der Waals surface area contributed by atoms with E-state index in [2.05, 4.69) is 11.4 Å². The van der Waals surface area contributed by atoms with E-state index < -0.39 is 0 Å². The zero-order valence-electron chi connectivity index (χ0n) is 18.7. The Labute approximate surface area is 206 Å². The van der Waals surface area contributed by atoms with Gasteiger partial charge in [0, 0.05) is 17.6 Å². The fraction of sp³-hybridized carbons (Fsp3) is 0.154. The number of amides is 2. The van der Waals surface area contributed by atoms with Crippen LogP contribution in [0.15, 0.2) is 77.7 Å². The molecule has 1 aromatic heterocycles. The summed E-state index contributed by atoms with van der Waals surface area (Å²) in [5, 5.41) is 12.7. The first kappa shape index (κ1) is 23.5. The van der Waals surface area contributed by atoms with E-state index in [1.807, 2.05) is 49.4 Å². The lowest BCUT2D eigenvalue weighted by atomic mass is 10.2. The van der Waals surface area contributed by atoms with Gasteiger partial charge in [0.15, 0.2) is 0 Å². The number of anilines is 1. The monoisotopic (exact) mass is 486 g/mol. The van der Waals surface area contributed by atoms with E-state index in [9.17, 15) is 9.59 Å². The van der Waals surface area contributed by atoms with Gasteiger partial charge in [-0.2, -0.15) is 5.26 Å². The summed E-state index contributed by atoms with van der Waals surface area (Å²) in [6.45, 7) is 1.97. The predicted molar refractivity (Wildman–Crippen MR) is 137 cm³/mol. The maximum Gasteiger partial charge on any atom is 0.255 e. The standard InChI is InChI=1S/C26H22N4O2S2/c1-17(25-29-21-11-4-6-13-23(21)34-25)30(2)26(32)20-10-3-5-12-22(20)33-16-24(31)28-19-9-7-8-18(14-19)15-27/h3-14,17H,16H2,1-2H3,(H,28,31). The summed E-state index contributed by atoms with van der Waals surface area (Å²) in [6.07, 6.45) is 0. The molecule has 0 fully saturated rings. The smallest absolute Gasteiger partial charge is 0.255 e. The number of thioether (sulfide) groups is 1. The number of rotatable bonds is 7. The van der Waals surface area contributed by atoms with E-state index in [0.29, 0.717) is 16.8 Å². The fourth-order valence-corrected chi connectivity index (χ4v) is 5.28. The predicted octanol–water partition coefficient (Wildman–Crippen LogP) is 5.73. The Morgan fingerprint density at radius 1 is 1.12 bits per heavy atom. The highest BCUT2D eigenvalue weighted by Crippen LogP contribution is 2.31. The van der Waals surface area contributed by atoms with Crippen LogP contribution in [-0.4, -0.2) is 34.5 Å². The van der Waals surface area contributed by atoms with Crippen molar-refractivity contribution >= 4 is 50.8 Å². The number of hydrogen-bond donors (Lipinski definition) is 1. The highest BCUT2D eigenvalue weighted by atomic mass is 32.2. The number of nitriles is 1. The van der Waals surface area contributed by atoms with E-state index in [0.717, 1.165) is 20.1 Å². The Hall–Kier alpha value is -3.67. The van der Waals surface area contributed by atoms with Crippen LogP contribution in [0.3, 0.4) is 0 Å². The van der Waals surface area contributed by atoms with Gasteiger partial charge in [-0.25, -0.2) is 4.98 Å². The summed E-state index contributed by atoms with van der Waals surface area (Å²) < 4.78 is 1.09. The second-order valence-electron chi connectivity index (χ2n) is 7.64. The summed E-state index contributed by atoms with van der Waals surface area (Å²) in [5.74, 6) is -0.200. The number of benzene rings is 3. The number of nitrogens with zero attached hydrogens (tertiary/aromatic N) is 3. The Morgan fingerprint density at radius 2 is 1.88 bits per heavy atom. The molecule has 2 amide bonds.